The number of anilines is 1. The second-order valence-corrected chi connectivity index (χ2v) is 6.53. The Balaban J connectivity index is 1.60. The van der Waals surface area contributed by atoms with Crippen molar-refractivity contribution in [2.45, 2.75) is 19.9 Å². The van der Waals surface area contributed by atoms with Crippen molar-refractivity contribution in [3.8, 4) is 0 Å². The molecule has 2 aromatic rings. The second kappa shape index (κ2) is 7.99. The van der Waals surface area contributed by atoms with Crippen molar-refractivity contribution in [2.24, 2.45) is 5.92 Å². The van der Waals surface area contributed by atoms with E-state index in [1.54, 1.807) is 35.5 Å². The van der Waals surface area contributed by atoms with Crippen LogP contribution in [0.4, 0.5) is 5.95 Å². The standard InChI is InChI=1S/C18H23N5O3/c1-13(2)15(21-16(24)14-5-3-12-26-14)17(25)22-8-10-23(11-9-22)18-19-6-4-7-20-18/h3-7,12-13,15H,8-11H2,1-2H3,(H,21,24)/t15-/m1/s1. The van der Waals surface area contributed by atoms with E-state index in [2.05, 4.69) is 20.2 Å². The van der Waals surface area contributed by atoms with Crippen molar-refractivity contribution in [3.05, 3.63) is 42.6 Å². The molecule has 1 atom stereocenters. The molecule has 0 unspecified atom stereocenters. The number of rotatable bonds is 5. The van der Waals surface area contributed by atoms with Gasteiger partial charge in [0.1, 0.15) is 6.04 Å². The summed E-state index contributed by atoms with van der Waals surface area (Å²) < 4.78 is 5.11. The summed E-state index contributed by atoms with van der Waals surface area (Å²) in [5.74, 6) is 0.393. The molecular weight excluding hydrogens is 334 g/mol. The molecule has 0 aromatic carbocycles. The molecule has 8 nitrogen and oxygen atoms in total. The van der Waals surface area contributed by atoms with E-state index in [9.17, 15) is 9.59 Å². The van der Waals surface area contributed by atoms with Crippen LogP contribution in [0, 0.1) is 5.92 Å². The Bertz CT molecular complexity index is 725. The van der Waals surface area contributed by atoms with Crippen molar-refractivity contribution >= 4 is 17.8 Å². The number of hydrogen-bond donors (Lipinski definition) is 1. The number of carbonyl (C=O) groups excluding carboxylic acids is 2. The van der Waals surface area contributed by atoms with Crippen LogP contribution in [0.25, 0.3) is 0 Å². The highest BCUT2D eigenvalue weighted by Crippen LogP contribution is 2.13. The Morgan fingerprint density at radius 1 is 1.12 bits per heavy atom. The lowest BCUT2D eigenvalue weighted by Crippen LogP contribution is -2.56. The maximum atomic E-state index is 12.9. The van der Waals surface area contributed by atoms with Gasteiger partial charge < -0.3 is 19.5 Å². The van der Waals surface area contributed by atoms with E-state index >= 15 is 0 Å². The summed E-state index contributed by atoms with van der Waals surface area (Å²) in [6.07, 6.45) is 4.85. The molecule has 0 saturated carbocycles. The molecule has 2 aromatic heterocycles. The number of furan rings is 1. The normalized spacial score (nSPS) is 15.8. The van der Waals surface area contributed by atoms with Crippen LogP contribution >= 0.6 is 0 Å². The zero-order valence-electron chi connectivity index (χ0n) is 15.0. The first-order valence-corrected chi connectivity index (χ1v) is 8.71. The molecule has 1 N–H and O–H groups in total. The molecule has 0 radical (unpaired) electrons. The van der Waals surface area contributed by atoms with Crippen LogP contribution in [-0.4, -0.2) is 58.9 Å². The minimum Gasteiger partial charge on any atom is -0.459 e. The van der Waals surface area contributed by atoms with Gasteiger partial charge in [0.15, 0.2) is 5.76 Å². The summed E-state index contributed by atoms with van der Waals surface area (Å²) in [7, 11) is 0. The topological polar surface area (TPSA) is 91.6 Å². The van der Waals surface area contributed by atoms with Crippen LogP contribution in [0.3, 0.4) is 0 Å². The molecule has 1 saturated heterocycles. The van der Waals surface area contributed by atoms with Gasteiger partial charge in [0.25, 0.3) is 5.91 Å². The molecule has 26 heavy (non-hydrogen) atoms. The van der Waals surface area contributed by atoms with Crippen molar-refractivity contribution < 1.29 is 14.0 Å². The highest BCUT2D eigenvalue weighted by Gasteiger charge is 2.31. The zero-order valence-corrected chi connectivity index (χ0v) is 15.0. The molecule has 0 aliphatic carbocycles. The van der Waals surface area contributed by atoms with E-state index in [4.69, 9.17) is 4.42 Å². The third kappa shape index (κ3) is 4.01. The van der Waals surface area contributed by atoms with Gasteiger partial charge in [-0.1, -0.05) is 13.8 Å². The Labute approximate surface area is 152 Å². The third-order valence-corrected chi connectivity index (χ3v) is 4.39. The Hall–Kier alpha value is -2.90. The molecular formula is C18H23N5O3. The highest BCUT2D eigenvalue weighted by molar-refractivity contribution is 5.95. The summed E-state index contributed by atoms with van der Waals surface area (Å²) in [5, 5.41) is 2.80. The smallest absolute Gasteiger partial charge is 0.287 e. The Morgan fingerprint density at radius 2 is 1.81 bits per heavy atom. The molecule has 138 valence electrons. The molecule has 3 heterocycles. The minimum atomic E-state index is -0.591. The Kier molecular flexibility index (Phi) is 5.50. The molecule has 0 bridgehead atoms. The Morgan fingerprint density at radius 3 is 2.38 bits per heavy atom. The van der Waals surface area contributed by atoms with Crippen LogP contribution in [0.5, 0.6) is 0 Å². The molecule has 1 fully saturated rings. The SMILES string of the molecule is CC(C)[C@@H](NC(=O)c1ccco1)C(=O)N1CCN(c2ncccn2)CC1. The molecule has 1 aliphatic rings. The van der Waals surface area contributed by atoms with Gasteiger partial charge in [-0.3, -0.25) is 9.59 Å². The molecule has 8 heteroatoms. The highest BCUT2D eigenvalue weighted by atomic mass is 16.3. The summed E-state index contributed by atoms with van der Waals surface area (Å²) >= 11 is 0. The van der Waals surface area contributed by atoms with E-state index in [-0.39, 0.29) is 23.5 Å². The van der Waals surface area contributed by atoms with Gasteiger partial charge in [-0.15, -0.1) is 0 Å². The van der Waals surface area contributed by atoms with Crippen molar-refractivity contribution in [1.29, 1.82) is 0 Å². The maximum Gasteiger partial charge on any atom is 0.287 e. The van der Waals surface area contributed by atoms with Crippen LogP contribution < -0.4 is 10.2 Å². The van der Waals surface area contributed by atoms with Gasteiger partial charge in [0.2, 0.25) is 11.9 Å². The number of amides is 2. The monoisotopic (exact) mass is 357 g/mol. The molecule has 2 amide bonds. The lowest BCUT2D eigenvalue weighted by atomic mass is 10.0. The van der Waals surface area contributed by atoms with Gasteiger partial charge in [-0.2, -0.15) is 0 Å². The van der Waals surface area contributed by atoms with Crippen LogP contribution in [0.2, 0.25) is 0 Å². The summed E-state index contributed by atoms with van der Waals surface area (Å²) in [5.41, 5.74) is 0. The fourth-order valence-corrected chi connectivity index (χ4v) is 2.91. The van der Waals surface area contributed by atoms with Crippen LogP contribution in [0.15, 0.2) is 41.3 Å². The van der Waals surface area contributed by atoms with Gasteiger partial charge >= 0.3 is 0 Å². The molecule has 3 rings (SSSR count). The van der Waals surface area contributed by atoms with Crippen molar-refractivity contribution in [1.82, 2.24) is 20.2 Å². The number of aromatic nitrogens is 2. The van der Waals surface area contributed by atoms with E-state index in [1.165, 1.54) is 6.26 Å². The summed E-state index contributed by atoms with van der Waals surface area (Å²) in [6.45, 7) is 6.28. The second-order valence-electron chi connectivity index (χ2n) is 6.53. The fraction of sp³-hybridized carbons (Fsp3) is 0.444. The first kappa shape index (κ1) is 17.9. The van der Waals surface area contributed by atoms with Crippen LogP contribution in [0.1, 0.15) is 24.4 Å². The maximum absolute atomic E-state index is 12.9. The lowest BCUT2D eigenvalue weighted by molar-refractivity contribution is -0.134. The van der Waals surface area contributed by atoms with Crippen molar-refractivity contribution in [2.75, 3.05) is 31.1 Å². The number of carbonyl (C=O) groups is 2. The number of nitrogens with zero attached hydrogens (tertiary/aromatic N) is 4. The molecule has 0 spiro atoms. The molecule has 1 aliphatic heterocycles. The first-order valence-electron chi connectivity index (χ1n) is 8.71. The predicted octanol–water partition coefficient (Wildman–Crippen LogP) is 1.17. The fourth-order valence-electron chi connectivity index (χ4n) is 2.91. The zero-order chi connectivity index (χ0) is 18.5. The quantitative estimate of drug-likeness (QED) is 0.864. The van der Waals surface area contributed by atoms with E-state index in [1.807, 2.05) is 13.8 Å². The van der Waals surface area contributed by atoms with Gasteiger partial charge in [0.05, 0.1) is 6.26 Å². The largest absolute Gasteiger partial charge is 0.459 e. The third-order valence-electron chi connectivity index (χ3n) is 4.39. The van der Waals surface area contributed by atoms with Gasteiger partial charge in [0, 0.05) is 38.6 Å². The van der Waals surface area contributed by atoms with Gasteiger partial charge in [-0.05, 0) is 24.1 Å². The average molecular weight is 357 g/mol. The van der Waals surface area contributed by atoms with Crippen LogP contribution in [-0.2, 0) is 4.79 Å². The number of nitrogens with one attached hydrogen (secondary N) is 1. The number of hydrogen-bond acceptors (Lipinski definition) is 6. The van der Waals surface area contributed by atoms with Gasteiger partial charge in [-0.25, -0.2) is 9.97 Å². The lowest BCUT2D eigenvalue weighted by Gasteiger charge is -2.37. The van der Waals surface area contributed by atoms with E-state index in [0.29, 0.717) is 32.1 Å². The van der Waals surface area contributed by atoms with Crippen molar-refractivity contribution in [3.63, 3.8) is 0 Å². The predicted molar refractivity (Wildman–Crippen MR) is 95.6 cm³/mol. The summed E-state index contributed by atoms with van der Waals surface area (Å²) in [6, 6.07) is 4.41. The van der Waals surface area contributed by atoms with E-state index in [0.717, 1.165) is 0 Å². The number of piperazine rings is 1. The average Bonchev–Trinajstić information content (AvgIpc) is 3.21. The summed E-state index contributed by atoms with van der Waals surface area (Å²) in [4.78, 5) is 37.5. The minimum absolute atomic E-state index is 0.0306. The van der Waals surface area contributed by atoms with E-state index < -0.39 is 6.04 Å². The first-order chi connectivity index (χ1) is 12.6.